The van der Waals surface area contributed by atoms with Gasteiger partial charge in [0.05, 0.1) is 21.3 Å². The van der Waals surface area contributed by atoms with Crippen LogP contribution in [0.25, 0.3) is 0 Å². The van der Waals surface area contributed by atoms with Crippen LogP contribution in [0.1, 0.15) is 31.2 Å². The molecular weight excluding hydrogens is 368 g/mol. The molecule has 0 radical (unpaired) electrons. The van der Waals surface area contributed by atoms with Crippen LogP contribution in [-0.4, -0.2) is 58.8 Å². The van der Waals surface area contributed by atoms with Gasteiger partial charge in [0.15, 0.2) is 11.5 Å². The molecule has 0 bridgehead atoms. The normalized spacial score (nSPS) is 14.4. The van der Waals surface area contributed by atoms with E-state index in [0.29, 0.717) is 30.1 Å². The summed E-state index contributed by atoms with van der Waals surface area (Å²) in [6, 6.07) is 3.83. The van der Waals surface area contributed by atoms with Crippen molar-refractivity contribution in [3.63, 3.8) is 0 Å². The Morgan fingerprint density at radius 3 is 2.19 bits per heavy atom. The molecule has 154 valence electrons. The van der Waals surface area contributed by atoms with Gasteiger partial charge < -0.3 is 24.4 Å². The minimum Gasteiger partial charge on any atom is -0.493 e. The molecule has 1 heterocycles. The number of nitrogens with one attached hydrogen (secondary N) is 1. The van der Waals surface area contributed by atoms with E-state index in [1.54, 1.807) is 21.3 Å². The number of piperidine rings is 1. The predicted octanol–water partition coefficient (Wildman–Crippen LogP) is 2.91. The first-order valence-corrected chi connectivity index (χ1v) is 9.34. The van der Waals surface area contributed by atoms with Crippen LogP contribution >= 0.6 is 12.4 Å². The maximum atomic E-state index is 12.6. The monoisotopic (exact) mass is 400 g/mol. The lowest BCUT2D eigenvalue weighted by Gasteiger charge is -2.32. The topological polar surface area (TPSA) is 60.0 Å². The van der Waals surface area contributed by atoms with Crippen molar-refractivity contribution in [2.75, 3.05) is 48.0 Å². The zero-order valence-corrected chi connectivity index (χ0v) is 17.7. The van der Waals surface area contributed by atoms with Crippen molar-refractivity contribution in [2.45, 2.75) is 32.1 Å². The van der Waals surface area contributed by atoms with Crippen molar-refractivity contribution in [3.05, 3.63) is 17.7 Å². The van der Waals surface area contributed by atoms with E-state index in [2.05, 4.69) is 5.32 Å². The van der Waals surface area contributed by atoms with Gasteiger partial charge in [-0.1, -0.05) is 0 Å². The Hall–Kier alpha value is -1.66. The Morgan fingerprint density at radius 2 is 1.70 bits per heavy atom. The first-order valence-electron chi connectivity index (χ1n) is 9.34. The number of amides is 1. The minimum atomic E-state index is 0. The molecule has 1 aromatic carbocycles. The second-order valence-corrected chi connectivity index (χ2v) is 6.75. The van der Waals surface area contributed by atoms with Crippen LogP contribution in [0.15, 0.2) is 12.1 Å². The Bertz CT molecular complexity index is 564. The molecule has 0 aliphatic carbocycles. The number of nitrogens with zero attached hydrogens (tertiary/aromatic N) is 1. The largest absolute Gasteiger partial charge is 0.493 e. The van der Waals surface area contributed by atoms with Crippen LogP contribution in [0.5, 0.6) is 17.2 Å². The number of hydrogen-bond acceptors (Lipinski definition) is 5. The Balaban J connectivity index is 0.00000364. The van der Waals surface area contributed by atoms with Crippen LogP contribution in [0.4, 0.5) is 0 Å². The fourth-order valence-corrected chi connectivity index (χ4v) is 3.51. The van der Waals surface area contributed by atoms with Crippen LogP contribution in [0, 0.1) is 5.92 Å². The number of likely N-dealkylation sites (tertiary alicyclic amines) is 1. The maximum absolute atomic E-state index is 12.6. The van der Waals surface area contributed by atoms with E-state index in [9.17, 15) is 4.79 Å². The smallest absolute Gasteiger partial charge is 0.222 e. The standard InChI is InChI=1S/C20H32N2O4.ClH/c1-21-10-7-15-8-11-22(12-9-15)19(23)6-5-16-13-17(24-2)20(26-4)18(14-16)25-3;/h13-15,21H,5-12H2,1-4H3;1H. The number of carbonyl (C=O) groups excluding carboxylic acids is 1. The summed E-state index contributed by atoms with van der Waals surface area (Å²) in [5.74, 6) is 2.79. The van der Waals surface area contributed by atoms with Crippen molar-refractivity contribution in [1.82, 2.24) is 10.2 Å². The molecule has 0 unspecified atom stereocenters. The number of methoxy groups -OCH3 is 3. The molecule has 0 spiro atoms. The molecule has 0 saturated carbocycles. The zero-order chi connectivity index (χ0) is 18.9. The summed E-state index contributed by atoms with van der Waals surface area (Å²) in [4.78, 5) is 14.6. The van der Waals surface area contributed by atoms with E-state index in [4.69, 9.17) is 14.2 Å². The second-order valence-electron chi connectivity index (χ2n) is 6.75. The number of benzene rings is 1. The fraction of sp³-hybridized carbons (Fsp3) is 0.650. The highest BCUT2D eigenvalue weighted by Crippen LogP contribution is 2.38. The number of aryl methyl sites for hydroxylation is 1. The number of rotatable bonds is 9. The number of ether oxygens (including phenoxy) is 3. The molecule has 1 amide bonds. The number of hydrogen-bond donors (Lipinski definition) is 1. The third-order valence-corrected chi connectivity index (χ3v) is 5.12. The molecule has 1 aromatic rings. The lowest BCUT2D eigenvalue weighted by molar-refractivity contribution is -0.132. The molecule has 27 heavy (non-hydrogen) atoms. The molecule has 1 fully saturated rings. The average molecular weight is 401 g/mol. The molecule has 1 saturated heterocycles. The molecule has 6 nitrogen and oxygen atoms in total. The molecule has 7 heteroatoms. The van der Waals surface area contributed by atoms with Gasteiger partial charge in [-0.05, 0) is 62.9 Å². The van der Waals surface area contributed by atoms with Gasteiger partial charge in [0.2, 0.25) is 11.7 Å². The van der Waals surface area contributed by atoms with Crippen molar-refractivity contribution in [2.24, 2.45) is 5.92 Å². The predicted molar refractivity (Wildman–Crippen MR) is 110 cm³/mol. The first kappa shape index (κ1) is 23.4. The average Bonchev–Trinajstić information content (AvgIpc) is 2.69. The Kier molecular flexibility index (Phi) is 10.3. The van der Waals surface area contributed by atoms with E-state index < -0.39 is 0 Å². The highest BCUT2D eigenvalue weighted by atomic mass is 35.5. The molecule has 0 atom stereocenters. The Labute approximate surface area is 168 Å². The fourth-order valence-electron chi connectivity index (χ4n) is 3.51. The van der Waals surface area contributed by atoms with Gasteiger partial charge >= 0.3 is 0 Å². The van der Waals surface area contributed by atoms with Gasteiger partial charge in [-0.15, -0.1) is 12.4 Å². The number of halogens is 1. The summed E-state index contributed by atoms with van der Waals surface area (Å²) >= 11 is 0. The van der Waals surface area contributed by atoms with Crippen LogP contribution in [-0.2, 0) is 11.2 Å². The van der Waals surface area contributed by atoms with E-state index in [-0.39, 0.29) is 18.3 Å². The van der Waals surface area contributed by atoms with Gasteiger partial charge in [-0.25, -0.2) is 0 Å². The summed E-state index contributed by atoms with van der Waals surface area (Å²) in [6.07, 6.45) is 4.58. The van der Waals surface area contributed by atoms with Gasteiger partial charge in [-0.2, -0.15) is 0 Å². The van der Waals surface area contributed by atoms with E-state index >= 15 is 0 Å². The van der Waals surface area contributed by atoms with Crippen molar-refractivity contribution in [3.8, 4) is 17.2 Å². The Morgan fingerprint density at radius 1 is 1.11 bits per heavy atom. The molecule has 1 N–H and O–H groups in total. The lowest BCUT2D eigenvalue weighted by atomic mass is 9.93. The minimum absolute atomic E-state index is 0. The zero-order valence-electron chi connectivity index (χ0n) is 16.9. The third-order valence-electron chi connectivity index (χ3n) is 5.12. The highest BCUT2D eigenvalue weighted by Gasteiger charge is 2.22. The molecular formula is C20H33ClN2O4. The molecule has 0 aromatic heterocycles. The second kappa shape index (κ2) is 11.9. The van der Waals surface area contributed by atoms with E-state index in [1.807, 2.05) is 24.1 Å². The van der Waals surface area contributed by atoms with Crippen LogP contribution in [0.3, 0.4) is 0 Å². The van der Waals surface area contributed by atoms with Gasteiger partial charge in [0.1, 0.15) is 0 Å². The maximum Gasteiger partial charge on any atom is 0.222 e. The van der Waals surface area contributed by atoms with E-state index in [1.165, 1.54) is 6.42 Å². The summed E-state index contributed by atoms with van der Waals surface area (Å²) in [5, 5.41) is 3.20. The first-order chi connectivity index (χ1) is 12.6. The third kappa shape index (κ3) is 6.47. The van der Waals surface area contributed by atoms with Gasteiger partial charge in [-0.3, -0.25) is 4.79 Å². The van der Waals surface area contributed by atoms with Gasteiger partial charge in [0.25, 0.3) is 0 Å². The summed E-state index contributed by atoms with van der Waals surface area (Å²) < 4.78 is 16.1. The molecule has 1 aliphatic heterocycles. The summed E-state index contributed by atoms with van der Waals surface area (Å²) in [6.45, 7) is 2.81. The lowest BCUT2D eigenvalue weighted by Crippen LogP contribution is -2.39. The van der Waals surface area contributed by atoms with Crippen molar-refractivity contribution >= 4 is 18.3 Å². The van der Waals surface area contributed by atoms with Crippen LogP contribution in [0.2, 0.25) is 0 Å². The quantitative estimate of drug-likeness (QED) is 0.690. The SMILES string of the molecule is CNCCC1CCN(C(=O)CCc2cc(OC)c(OC)c(OC)c2)CC1.Cl. The van der Waals surface area contributed by atoms with Gasteiger partial charge in [0, 0.05) is 19.5 Å². The van der Waals surface area contributed by atoms with Crippen molar-refractivity contribution < 1.29 is 19.0 Å². The number of carbonyl (C=O) groups is 1. The highest BCUT2D eigenvalue weighted by molar-refractivity contribution is 5.85. The molecule has 2 rings (SSSR count). The van der Waals surface area contributed by atoms with Crippen LogP contribution < -0.4 is 19.5 Å². The molecule has 1 aliphatic rings. The summed E-state index contributed by atoms with van der Waals surface area (Å²) in [5.41, 5.74) is 1.01. The van der Waals surface area contributed by atoms with Crippen molar-refractivity contribution in [1.29, 1.82) is 0 Å². The van der Waals surface area contributed by atoms with E-state index in [0.717, 1.165) is 44.0 Å². The summed E-state index contributed by atoms with van der Waals surface area (Å²) in [7, 11) is 6.78.